The predicted octanol–water partition coefficient (Wildman–Crippen LogP) is 1.89. The van der Waals surface area contributed by atoms with Gasteiger partial charge in [0.2, 0.25) is 11.8 Å². The van der Waals surface area contributed by atoms with Gasteiger partial charge in [0.25, 0.3) is 5.91 Å². The van der Waals surface area contributed by atoms with Gasteiger partial charge < -0.3 is 4.90 Å². The van der Waals surface area contributed by atoms with Crippen molar-refractivity contribution in [2.24, 2.45) is 0 Å². The van der Waals surface area contributed by atoms with Crippen LogP contribution in [0.3, 0.4) is 0 Å². The summed E-state index contributed by atoms with van der Waals surface area (Å²) >= 11 is 0. The van der Waals surface area contributed by atoms with Crippen LogP contribution < -0.4 is 5.32 Å². The molecule has 2 fully saturated rings. The lowest BCUT2D eigenvalue weighted by Crippen LogP contribution is -2.52. The number of carbonyl (C=O) groups is 3. The molecule has 0 radical (unpaired) electrons. The topological polar surface area (TPSA) is 79.4 Å². The van der Waals surface area contributed by atoms with Crippen molar-refractivity contribution in [2.45, 2.75) is 63.5 Å². The van der Waals surface area contributed by atoms with E-state index in [0.29, 0.717) is 24.4 Å². The number of hydrogen-bond donors (Lipinski definition) is 1. The number of piperidine rings is 1. The quantitative estimate of drug-likeness (QED) is 0.841. The summed E-state index contributed by atoms with van der Waals surface area (Å²) < 4.78 is 0. The molecule has 3 amide bonds. The second-order valence-corrected chi connectivity index (χ2v) is 6.97. The minimum Gasteiger partial charge on any atom is -0.321 e. The minimum absolute atomic E-state index is 0.151. The lowest BCUT2D eigenvalue weighted by molar-refractivity contribution is -0.136. The zero-order chi connectivity index (χ0) is 16.7. The highest BCUT2D eigenvalue weighted by Crippen LogP contribution is 2.34. The summed E-state index contributed by atoms with van der Waals surface area (Å²) in [4.78, 5) is 42.3. The molecule has 4 rings (SSSR count). The third kappa shape index (κ3) is 2.60. The first-order valence-electron chi connectivity index (χ1n) is 8.78. The molecule has 1 saturated carbocycles. The number of amides is 3. The maximum absolute atomic E-state index is 12.6. The molecular weight excluding hydrogens is 306 g/mol. The summed E-state index contributed by atoms with van der Waals surface area (Å²) in [6.07, 6.45) is 6.77. The van der Waals surface area contributed by atoms with Crippen LogP contribution in [0, 0.1) is 0 Å². The van der Waals surface area contributed by atoms with Gasteiger partial charge in [0.05, 0.1) is 17.8 Å². The van der Waals surface area contributed by atoms with E-state index in [1.165, 1.54) is 19.3 Å². The fraction of sp³-hybridized carbons (Fsp3) is 0.556. The molecule has 1 unspecified atom stereocenters. The fourth-order valence-electron chi connectivity index (χ4n) is 4.08. The van der Waals surface area contributed by atoms with Gasteiger partial charge in [-0.05, 0) is 31.4 Å². The normalized spacial score (nSPS) is 24.9. The second kappa shape index (κ2) is 6.00. The highest BCUT2D eigenvalue weighted by molar-refractivity contribution is 6.05. The van der Waals surface area contributed by atoms with Crippen LogP contribution in [0.15, 0.2) is 12.1 Å². The molecular formula is C18H21N3O3. The van der Waals surface area contributed by atoms with Crippen LogP contribution in [0.2, 0.25) is 0 Å². The highest BCUT2D eigenvalue weighted by Gasteiger charge is 2.39. The molecule has 3 heterocycles. The maximum Gasteiger partial charge on any atom is 0.256 e. The Morgan fingerprint density at radius 2 is 1.83 bits per heavy atom. The van der Waals surface area contributed by atoms with E-state index in [1.54, 1.807) is 4.90 Å². The van der Waals surface area contributed by atoms with Crippen LogP contribution in [-0.2, 0) is 16.1 Å². The van der Waals surface area contributed by atoms with Gasteiger partial charge in [0.15, 0.2) is 0 Å². The SMILES string of the molecule is O=C1CCC(N2Cc3nc(C4CCCCC4)ccc3C2=O)C(=O)N1. The fourth-order valence-corrected chi connectivity index (χ4v) is 4.08. The van der Waals surface area contributed by atoms with Gasteiger partial charge in [-0.3, -0.25) is 24.7 Å². The van der Waals surface area contributed by atoms with Crippen molar-refractivity contribution >= 4 is 17.7 Å². The van der Waals surface area contributed by atoms with E-state index < -0.39 is 6.04 Å². The first-order chi connectivity index (χ1) is 11.6. The zero-order valence-electron chi connectivity index (χ0n) is 13.6. The van der Waals surface area contributed by atoms with Gasteiger partial charge in [-0.25, -0.2) is 0 Å². The lowest BCUT2D eigenvalue weighted by Gasteiger charge is -2.29. The van der Waals surface area contributed by atoms with E-state index in [1.807, 2.05) is 12.1 Å². The molecule has 24 heavy (non-hydrogen) atoms. The molecule has 6 nitrogen and oxygen atoms in total. The smallest absolute Gasteiger partial charge is 0.256 e. The van der Waals surface area contributed by atoms with Crippen molar-refractivity contribution < 1.29 is 14.4 Å². The number of fused-ring (bicyclic) bond motifs is 1. The molecule has 3 aliphatic rings. The molecule has 1 aromatic rings. The number of nitrogens with one attached hydrogen (secondary N) is 1. The summed E-state index contributed by atoms with van der Waals surface area (Å²) in [6, 6.07) is 3.27. The number of pyridine rings is 1. The Balaban J connectivity index is 1.55. The number of carbonyl (C=O) groups excluding carboxylic acids is 3. The molecule has 126 valence electrons. The summed E-state index contributed by atoms with van der Waals surface area (Å²) in [5.74, 6) is -0.302. The Morgan fingerprint density at radius 1 is 1.04 bits per heavy atom. The van der Waals surface area contributed by atoms with Crippen molar-refractivity contribution in [3.05, 3.63) is 29.1 Å². The average Bonchev–Trinajstić information content (AvgIpc) is 2.92. The molecule has 0 aromatic carbocycles. The Bertz CT molecular complexity index is 709. The van der Waals surface area contributed by atoms with Gasteiger partial charge in [-0.2, -0.15) is 0 Å². The highest BCUT2D eigenvalue weighted by atomic mass is 16.2. The largest absolute Gasteiger partial charge is 0.321 e. The third-order valence-electron chi connectivity index (χ3n) is 5.42. The molecule has 1 aliphatic carbocycles. The van der Waals surface area contributed by atoms with Gasteiger partial charge >= 0.3 is 0 Å². The zero-order valence-corrected chi connectivity index (χ0v) is 13.6. The number of hydrogen-bond acceptors (Lipinski definition) is 4. The van der Waals surface area contributed by atoms with Crippen molar-refractivity contribution in [1.29, 1.82) is 0 Å². The molecule has 1 atom stereocenters. The summed E-state index contributed by atoms with van der Waals surface area (Å²) in [5.41, 5.74) is 2.44. The van der Waals surface area contributed by atoms with Crippen LogP contribution in [0.25, 0.3) is 0 Å². The molecule has 0 bridgehead atoms. The molecule has 2 aliphatic heterocycles. The van der Waals surface area contributed by atoms with Gasteiger partial charge in [-0.15, -0.1) is 0 Å². The molecule has 1 saturated heterocycles. The number of aromatic nitrogens is 1. The number of nitrogens with zero attached hydrogens (tertiary/aromatic N) is 2. The minimum atomic E-state index is -0.567. The van der Waals surface area contributed by atoms with Gasteiger partial charge in [0.1, 0.15) is 6.04 Å². The molecule has 0 spiro atoms. The van der Waals surface area contributed by atoms with Gasteiger partial charge in [0, 0.05) is 18.0 Å². The maximum atomic E-state index is 12.6. The van der Waals surface area contributed by atoms with Crippen LogP contribution >= 0.6 is 0 Å². The molecule has 1 N–H and O–H groups in total. The van der Waals surface area contributed by atoms with E-state index in [9.17, 15) is 14.4 Å². The molecule has 1 aromatic heterocycles. The third-order valence-corrected chi connectivity index (χ3v) is 5.42. The van der Waals surface area contributed by atoms with Crippen molar-refractivity contribution in [1.82, 2.24) is 15.2 Å². The van der Waals surface area contributed by atoms with E-state index in [4.69, 9.17) is 4.98 Å². The van der Waals surface area contributed by atoms with Crippen molar-refractivity contribution in [3.8, 4) is 0 Å². The number of rotatable bonds is 2. The Hall–Kier alpha value is -2.24. The second-order valence-electron chi connectivity index (χ2n) is 6.97. The van der Waals surface area contributed by atoms with Crippen LogP contribution in [0.1, 0.15) is 72.6 Å². The van der Waals surface area contributed by atoms with Crippen LogP contribution in [-0.4, -0.2) is 33.6 Å². The lowest BCUT2D eigenvalue weighted by atomic mass is 9.86. The van der Waals surface area contributed by atoms with Crippen LogP contribution in [0.4, 0.5) is 0 Å². The summed E-state index contributed by atoms with van der Waals surface area (Å²) in [6.45, 7) is 0.362. The summed E-state index contributed by atoms with van der Waals surface area (Å²) in [7, 11) is 0. The van der Waals surface area contributed by atoms with E-state index in [2.05, 4.69) is 5.32 Å². The van der Waals surface area contributed by atoms with E-state index in [-0.39, 0.29) is 24.1 Å². The van der Waals surface area contributed by atoms with Crippen molar-refractivity contribution in [2.75, 3.05) is 0 Å². The Kier molecular flexibility index (Phi) is 3.82. The standard InChI is InChI=1S/C18H21N3O3/c22-16-9-8-15(17(23)20-16)21-10-14-12(18(21)24)6-7-13(19-14)11-4-2-1-3-5-11/h6-7,11,15H,1-5,8-10H2,(H,20,22,23). The van der Waals surface area contributed by atoms with Crippen molar-refractivity contribution in [3.63, 3.8) is 0 Å². The molecule has 6 heteroatoms. The van der Waals surface area contributed by atoms with E-state index in [0.717, 1.165) is 24.2 Å². The van der Waals surface area contributed by atoms with Gasteiger partial charge in [-0.1, -0.05) is 19.3 Å². The average molecular weight is 327 g/mol. The van der Waals surface area contributed by atoms with E-state index >= 15 is 0 Å². The Morgan fingerprint density at radius 3 is 2.58 bits per heavy atom. The van der Waals surface area contributed by atoms with Crippen LogP contribution in [0.5, 0.6) is 0 Å². The first-order valence-corrected chi connectivity index (χ1v) is 8.78. The first kappa shape index (κ1) is 15.3. The monoisotopic (exact) mass is 327 g/mol. The summed E-state index contributed by atoms with van der Waals surface area (Å²) in [5, 5.41) is 2.32. The Labute approximate surface area is 140 Å². The number of imide groups is 1. The predicted molar refractivity (Wildman–Crippen MR) is 86.1 cm³/mol.